The number of benzene rings is 1. The lowest BCUT2D eigenvalue weighted by molar-refractivity contribution is 0.155. The maximum absolute atomic E-state index is 9.24. The number of ether oxygens (including phenoxy) is 1. The Balaban J connectivity index is 2.61. The maximum Gasteiger partial charge on any atom is 0.194 e. The summed E-state index contributed by atoms with van der Waals surface area (Å²) in [5, 5.41) is 9.32. The minimum absolute atomic E-state index is 0.0830. The van der Waals surface area contributed by atoms with Crippen molar-refractivity contribution in [2.24, 2.45) is 0 Å². The van der Waals surface area contributed by atoms with Gasteiger partial charge in [0, 0.05) is 4.47 Å². The van der Waals surface area contributed by atoms with Crippen LogP contribution in [0.1, 0.15) is 20.8 Å². The van der Waals surface area contributed by atoms with Crippen molar-refractivity contribution in [3.8, 4) is 11.8 Å². The first-order valence-electron chi connectivity index (χ1n) is 6.61. The average Bonchev–Trinajstić information content (AvgIpc) is 2.35. The van der Waals surface area contributed by atoms with Crippen molar-refractivity contribution in [1.82, 2.24) is 0 Å². The van der Waals surface area contributed by atoms with Gasteiger partial charge in [-0.05, 0) is 42.4 Å². The predicted molar refractivity (Wildman–Crippen MR) is 87.3 cm³/mol. The van der Waals surface area contributed by atoms with Crippen LogP contribution in [0.5, 0.6) is 5.75 Å². The average molecular weight is 356 g/mol. The van der Waals surface area contributed by atoms with Crippen molar-refractivity contribution in [3.05, 3.63) is 28.7 Å². The normalized spacial score (nSPS) is 13.7. The van der Waals surface area contributed by atoms with Gasteiger partial charge in [-0.2, -0.15) is 5.26 Å². The van der Waals surface area contributed by atoms with E-state index in [2.05, 4.69) is 55.9 Å². The lowest BCUT2D eigenvalue weighted by Crippen LogP contribution is -2.45. The highest BCUT2D eigenvalue weighted by molar-refractivity contribution is 9.10. The highest BCUT2D eigenvalue weighted by Crippen LogP contribution is 2.37. The predicted octanol–water partition coefficient (Wildman–Crippen LogP) is 4.74. The van der Waals surface area contributed by atoms with E-state index in [4.69, 9.17) is 9.16 Å². The van der Waals surface area contributed by atoms with Crippen molar-refractivity contribution < 1.29 is 9.16 Å². The fraction of sp³-hybridized carbons (Fsp3) is 0.533. The van der Waals surface area contributed by atoms with Gasteiger partial charge in [0.1, 0.15) is 12.4 Å². The lowest BCUT2D eigenvalue weighted by atomic mass is 10.2. The molecule has 5 heteroatoms. The van der Waals surface area contributed by atoms with Crippen molar-refractivity contribution >= 4 is 24.2 Å². The number of nitrogens with zero attached hydrogens (tertiary/aromatic N) is 1. The minimum Gasteiger partial charge on any atom is -0.490 e. The summed E-state index contributed by atoms with van der Waals surface area (Å²) in [6.45, 7) is 11.0. The van der Waals surface area contributed by atoms with Gasteiger partial charge in [-0.15, -0.1) is 0 Å². The van der Waals surface area contributed by atoms with Gasteiger partial charge in [-0.25, -0.2) is 0 Å². The summed E-state index contributed by atoms with van der Waals surface area (Å²) in [7, 11) is -1.95. The van der Waals surface area contributed by atoms with E-state index in [-0.39, 0.29) is 11.6 Å². The molecule has 0 unspecified atom stereocenters. The van der Waals surface area contributed by atoms with Gasteiger partial charge in [0.05, 0.1) is 6.07 Å². The number of halogens is 1. The van der Waals surface area contributed by atoms with E-state index in [1.54, 1.807) is 0 Å². The first kappa shape index (κ1) is 17.2. The molecule has 1 atom stereocenters. The van der Waals surface area contributed by atoms with E-state index < -0.39 is 14.4 Å². The third-order valence-corrected chi connectivity index (χ3v) is 8.62. The van der Waals surface area contributed by atoms with Gasteiger partial charge < -0.3 is 9.16 Å². The largest absolute Gasteiger partial charge is 0.490 e. The molecule has 0 aliphatic rings. The molecular weight excluding hydrogens is 334 g/mol. The molecule has 110 valence electrons. The van der Waals surface area contributed by atoms with Crippen LogP contribution in [0.25, 0.3) is 0 Å². The summed E-state index contributed by atoms with van der Waals surface area (Å²) < 4.78 is 12.7. The smallest absolute Gasteiger partial charge is 0.194 e. The van der Waals surface area contributed by atoms with Crippen LogP contribution >= 0.6 is 15.9 Å². The Morgan fingerprint density at radius 2 is 1.80 bits per heavy atom. The Kier molecular flexibility index (Phi) is 5.81. The minimum atomic E-state index is -1.95. The van der Waals surface area contributed by atoms with E-state index in [0.717, 1.165) is 10.2 Å². The van der Waals surface area contributed by atoms with Crippen LogP contribution in [0.15, 0.2) is 28.7 Å². The van der Waals surface area contributed by atoms with Crippen LogP contribution in [0.4, 0.5) is 0 Å². The molecule has 0 amide bonds. The Bertz CT molecular complexity index is 474. The molecule has 0 radical (unpaired) electrons. The number of rotatable bonds is 5. The topological polar surface area (TPSA) is 42.2 Å². The number of nitriles is 1. The Labute approximate surface area is 131 Å². The van der Waals surface area contributed by atoms with E-state index in [1.165, 1.54) is 0 Å². The number of hydrogen-bond acceptors (Lipinski definition) is 3. The van der Waals surface area contributed by atoms with Crippen LogP contribution in [0, 0.1) is 11.3 Å². The Hall–Kier alpha value is -0.833. The Morgan fingerprint density at radius 3 is 2.25 bits per heavy atom. The third-order valence-electron chi connectivity index (χ3n) is 3.60. The Morgan fingerprint density at radius 1 is 1.25 bits per heavy atom. The molecule has 0 aliphatic heterocycles. The first-order chi connectivity index (χ1) is 9.15. The molecular formula is C15H22BrNO2Si. The van der Waals surface area contributed by atoms with E-state index >= 15 is 0 Å². The molecule has 1 rings (SSSR count). The van der Waals surface area contributed by atoms with Crippen LogP contribution in [0.3, 0.4) is 0 Å². The highest BCUT2D eigenvalue weighted by atomic mass is 79.9. The zero-order valence-corrected chi connectivity index (χ0v) is 15.3. The molecule has 0 saturated heterocycles. The van der Waals surface area contributed by atoms with E-state index in [1.807, 2.05) is 24.3 Å². The maximum atomic E-state index is 9.24. The molecule has 1 aromatic rings. The van der Waals surface area contributed by atoms with E-state index in [0.29, 0.717) is 0 Å². The van der Waals surface area contributed by atoms with Crippen molar-refractivity contribution in [3.63, 3.8) is 0 Å². The van der Waals surface area contributed by atoms with Crippen molar-refractivity contribution in [2.75, 3.05) is 6.61 Å². The quantitative estimate of drug-likeness (QED) is 0.716. The van der Waals surface area contributed by atoms with Gasteiger partial charge >= 0.3 is 0 Å². The van der Waals surface area contributed by atoms with Crippen LogP contribution in [-0.4, -0.2) is 21.0 Å². The van der Waals surface area contributed by atoms with Crippen LogP contribution < -0.4 is 4.74 Å². The molecule has 0 saturated carbocycles. The number of hydrogen-bond donors (Lipinski definition) is 0. The molecule has 0 heterocycles. The van der Waals surface area contributed by atoms with Crippen LogP contribution in [-0.2, 0) is 4.43 Å². The second-order valence-corrected chi connectivity index (χ2v) is 11.9. The van der Waals surface area contributed by atoms with Gasteiger partial charge in [0.2, 0.25) is 0 Å². The summed E-state index contributed by atoms with van der Waals surface area (Å²) in [6.07, 6.45) is -0.528. The molecule has 3 nitrogen and oxygen atoms in total. The van der Waals surface area contributed by atoms with Gasteiger partial charge in [-0.1, -0.05) is 36.7 Å². The molecule has 0 spiro atoms. The summed E-state index contributed by atoms with van der Waals surface area (Å²) in [5.74, 6) is 0.743. The summed E-state index contributed by atoms with van der Waals surface area (Å²) in [5.41, 5.74) is 0. The summed E-state index contributed by atoms with van der Waals surface area (Å²) >= 11 is 3.37. The standard InChI is InChI=1S/C15H22BrNO2Si/c1-15(2,3)20(4,5)19-14(10-17)11-18-13-8-6-12(16)7-9-13/h6-9,14H,11H2,1-5H3/t14-/m0/s1. The molecule has 0 aliphatic carbocycles. The molecule has 1 aromatic carbocycles. The fourth-order valence-electron chi connectivity index (χ4n) is 1.33. The second-order valence-electron chi connectivity index (χ2n) is 6.26. The van der Waals surface area contributed by atoms with Crippen LogP contribution in [0.2, 0.25) is 18.1 Å². The van der Waals surface area contributed by atoms with Gasteiger partial charge in [0.15, 0.2) is 14.4 Å². The zero-order chi connectivity index (χ0) is 15.4. The molecule has 0 N–H and O–H groups in total. The van der Waals surface area contributed by atoms with Gasteiger partial charge in [-0.3, -0.25) is 0 Å². The molecule has 0 aromatic heterocycles. The van der Waals surface area contributed by atoms with E-state index in [9.17, 15) is 5.26 Å². The highest BCUT2D eigenvalue weighted by Gasteiger charge is 2.39. The summed E-state index contributed by atoms with van der Waals surface area (Å²) in [4.78, 5) is 0. The van der Waals surface area contributed by atoms with Crippen molar-refractivity contribution in [1.29, 1.82) is 5.26 Å². The summed E-state index contributed by atoms with van der Waals surface area (Å²) in [6, 6.07) is 9.74. The molecule has 0 fully saturated rings. The van der Waals surface area contributed by atoms with Crippen molar-refractivity contribution in [2.45, 2.75) is 45.0 Å². The fourth-order valence-corrected chi connectivity index (χ4v) is 2.78. The molecule has 20 heavy (non-hydrogen) atoms. The third kappa shape index (κ3) is 4.93. The zero-order valence-electron chi connectivity index (χ0n) is 12.7. The van der Waals surface area contributed by atoms with Gasteiger partial charge in [0.25, 0.3) is 0 Å². The monoisotopic (exact) mass is 355 g/mol. The first-order valence-corrected chi connectivity index (χ1v) is 10.3. The SMILES string of the molecule is CC(C)(C)[Si](C)(C)O[C@@H](C#N)COc1ccc(Br)cc1. The lowest BCUT2D eigenvalue weighted by Gasteiger charge is -2.37. The second kappa shape index (κ2) is 6.75. The molecule has 0 bridgehead atoms.